The SMILES string of the molecule is O=C(CSc1nc2ccccc2s1)OCC(=O)N1CCC(Cc2ccccc2)CC1. The van der Waals surface area contributed by atoms with Crippen molar-refractivity contribution in [3.05, 3.63) is 60.2 Å². The molecular formula is C23H24N2O3S2. The number of fused-ring (bicyclic) bond motifs is 1. The van der Waals surface area contributed by atoms with Gasteiger partial charge in [-0.2, -0.15) is 0 Å². The maximum Gasteiger partial charge on any atom is 0.316 e. The predicted octanol–water partition coefficient (Wildman–Crippen LogP) is 4.41. The largest absolute Gasteiger partial charge is 0.455 e. The molecule has 2 aromatic carbocycles. The van der Waals surface area contributed by atoms with E-state index in [0.29, 0.717) is 5.92 Å². The van der Waals surface area contributed by atoms with Crippen LogP contribution in [0.4, 0.5) is 0 Å². The number of hydrogen-bond donors (Lipinski definition) is 0. The molecule has 1 saturated heterocycles. The van der Waals surface area contributed by atoms with Gasteiger partial charge >= 0.3 is 5.97 Å². The van der Waals surface area contributed by atoms with Crippen LogP contribution in [0.15, 0.2) is 58.9 Å². The highest BCUT2D eigenvalue weighted by molar-refractivity contribution is 8.01. The Labute approximate surface area is 184 Å². The van der Waals surface area contributed by atoms with E-state index >= 15 is 0 Å². The Morgan fingerprint density at radius 2 is 1.80 bits per heavy atom. The highest BCUT2D eigenvalue weighted by atomic mass is 32.2. The van der Waals surface area contributed by atoms with Gasteiger partial charge in [0.1, 0.15) is 0 Å². The van der Waals surface area contributed by atoms with Crippen molar-refractivity contribution in [2.24, 2.45) is 5.92 Å². The number of aromatic nitrogens is 1. The molecule has 1 aliphatic rings. The molecular weight excluding hydrogens is 416 g/mol. The minimum Gasteiger partial charge on any atom is -0.455 e. The molecule has 4 rings (SSSR count). The number of hydrogen-bond acceptors (Lipinski definition) is 6. The Kier molecular flexibility index (Phi) is 7.02. The number of carbonyl (C=O) groups is 2. The van der Waals surface area contributed by atoms with Gasteiger partial charge in [0.15, 0.2) is 10.9 Å². The Morgan fingerprint density at radius 3 is 2.57 bits per heavy atom. The number of nitrogens with zero attached hydrogens (tertiary/aromatic N) is 2. The van der Waals surface area contributed by atoms with E-state index < -0.39 is 0 Å². The molecule has 0 radical (unpaired) electrons. The van der Waals surface area contributed by atoms with Crippen molar-refractivity contribution >= 4 is 45.2 Å². The number of ether oxygens (including phenoxy) is 1. The summed E-state index contributed by atoms with van der Waals surface area (Å²) in [4.78, 5) is 30.7. The van der Waals surface area contributed by atoms with Crippen molar-refractivity contribution in [2.45, 2.75) is 23.6 Å². The fraction of sp³-hybridized carbons (Fsp3) is 0.348. The summed E-state index contributed by atoms with van der Waals surface area (Å²) in [5, 5.41) is 0. The first kappa shape index (κ1) is 20.9. The maximum absolute atomic E-state index is 12.4. The molecule has 7 heteroatoms. The molecule has 0 bridgehead atoms. The van der Waals surface area contributed by atoms with Crippen molar-refractivity contribution in [1.29, 1.82) is 0 Å². The summed E-state index contributed by atoms with van der Waals surface area (Å²) in [6.45, 7) is 1.28. The third-order valence-corrected chi connectivity index (χ3v) is 7.43. The number of thioether (sulfide) groups is 1. The van der Waals surface area contributed by atoms with E-state index in [4.69, 9.17) is 4.74 Å². The van der Waals surface area contributed by atoms with E-state index in [0.717, 1.165) is 46.9 Å². The third kappa shape index (κ3) is 5.61. The third-order valence-electron chi connectivity index (χ3n) is 5.28. The van der Waals surface area contributed by atoms with Crippen LogP contribution in [-0.2, 0) is 20.7 Å². The van der Waals surface area contributed by atoms with Gasteiger partial charge in [-0.05, 0) is 42.9 Å². The minimum absolute atomic E-state index is 0.105. The zero-order valence-electron chi connectivity index (χ0n) is 16.7. The van der Waals surface area contributed by atoms with Gasteiger partial charge in [0.25, 0.3) is 5.91 Å². The molecule has 2 heterocycles. The Bertz CT molecular complexity index is 965. The fourth-order valence-electron chi connectivity index (χ4n) is 3.64. The van der Waals surface area contributed by atoms with Crippen LogP contribution in [0.2, 0.25) is 0 Å². The van der Waals surface area contributed by atoms with Gasteiger partial charge in [0.2, 0.25) is 0 Å². The molecule has 1 aromatic heterocycles. The second-order valence-electron chi connectivity index (χ2n) is 7.41. The van der Waals surface area contributed by atoms with Crippen LogP contribution in [0.3, 0.4) is 0 Å². The van der Waals surface area contributed by atoms with Gasteiger partial charge in [-0.3, -0.25) is 9.59 Å². The second kappa shape index (κ2) is 10.1. The molecule has 0 atom stereocenters. The molecule has 30 heavy (non-hydrogen) atoms. The Morgan fingerprint density at radius 1 is 1.07 bits per heavy atom. The number of likely N-dealkylation sites (tertiary alicyclic amines) is 1. The summed E-state index contributed by atoms with van der Waals surface area (Å²) in [7, 11) is 0. The number of para-hydroxylation sites is 1. The molecule has 1 fully saturated rings. The van der Waals surface area contributed by atoms with Crippen molar-refractivity contribution < 1.29 is 14.3 Å². The summed E-state index contributed by atoms with van der Waals surface area (Å²) in [6, 6.07) is 18.4. The predicted molar refractivity (Wildman–Crippen MR) is 121 cm³/mol. The smallest absolute Gasteiger partial charge is 0.316 e. The normalized spacial score (nSPS) is 14.7. The number of carbonyl (C=O) groups excluding carboxylic acids is 2. The molecule has 0 aliphatic carbocycles. The minimum atomic E-state index is -0.383. The topological polar surface area (TPSA) is 59.5 Å². The molecule has 0 saturated carbocycles. The van der Waals surface area contributed by atoms with Gasteiger partial charge < -0.3 is 9.64 Å². The average molecular weight is 441 g/mol. The van der Waals surface area contributed by atoms with Crippen molar-refractivity contribution in [1.82, 2.24) is 9.88 Å². The lowest BCUT2D eigenvalue weighted by molar-refractivity contribution is -0.150. The quantitative estimate of drug-likeness (QED) is 0.402. The van der Waals surface area contributed by atoms with E-state index in [2.05, 4.69) is 29.2 Å². The number of amides is 1. The second-order valence-corrected chi connectivity index (χ2v) is 9.66. The van der Waals surface area contributed by atoms with Crippen molar-refractivity contribution in [2.75, 3.05) is 25.4 Å². The van der Waals surface area contributed by atoms with Crippen LogP contribution in [0.1, 0.15) is 18.4 Å². The van der Waals surface area contributed by atoms with E-state index in [1.807, 2.05) is 35.2 Å². The van der Waals surface area contributed by atoms with E-state index in [1.165, 1.54) is 17.3 Å². The molecule has 3 aromatic rings. The first-order chi connectivity index (χ1) is 14.7. The van der Waals surface area contributed by atoms with E-state index in [1.54, 1.807) is 11.3 Å². The van der Waals surface area contributed by atoms with Gasteiger partial charge in [0.05, 0.1) is 16.0 Å². The van der Waals surface area contributed by atoms with Gasteiger partial charge in [-0.25, -0.2) is 4.98 Å². The number of thiazole rings is 1. The monoisotopic (exact) mass is 440 g/mol. The van der Waals surface area contributed by atoms with Crippen molar-refractivity contribution in [3.63, 3.8) is 0 Å². The average Bonchev–Trinajstić information content (AvgIpc) is 3.20. The summed E-state index contributed by atoms with van der Waals surface area (Å²) in [6.07, 6.45) is 3.03. The summed E-state index contributed by atoms with van der Waals surface area (Å²) < 4.78 is 7.13. The molecule has 1 amide bonds. The standard InChI is InChI=1S/C23H24N2O3S2/c26-21(25-12-10-18(11-13-25)14-17-6-2-1-3-7-17)15-28-22(27)16-29-23-24-19-8-4-5-9-20(19)30-23/h1-9,18H,10-16H2. The lowest BCUT2D eigenvalue weighted by Gasteiger charge is -2.32. The van der Waals surface area contributed by atoms with Gasteiger partial charge in [0, 0.05) is 13.1 Å². The number of esters is 1. The summed E-state index contributed by atoms with van der Waals surface area (Å²) >= 11 is 2.91. The molecule has 0 N–H and O–H groups in total. The first-order valence-corrected chi connectivity index (χ1v) is 11.9. The first-order valence-electron chi connectivity index (χ1n) is 10.1. The summed E-state index contributed by atoms with van der Waals surface area (Å²) in [5.41, 5.74) is 2.28. The molecule has 0 unspecified atom stereocenters. The fourth-order valence-corrected chi connectivity index (χ4v) is 5.51. The zero-order valence-corrected chi connectivity index (χ0v) is 18.3. The molecule has 0 spiro atoms. The van der Waals surface area contributed by atoms with Crippen LogP contribution in [0.5, 0.6) is 0 Å². The Hall–Kier alpha value is -2.38. The van der Waals surface area contributed by atoms with Gasteiger partial charge in [-0.15, -0.1) is 11.3 Å². The highest BCUT2D eigenvalue weighted by Crippen LogP contribution is 2.29. The highest BCUT2D eigenvalue weighted by Gasteiger charge is 2.23. The van der Waals surface area contributed by atoms with Crippen LogP contribution in [0.25, 0.3) is 10.2 Å². The number of benzene rings is 2. The molecule has 1 aliphatic heterocycles. The molecule has 5 nitrogen and oxygen atoms in total. The lowest BCUT2D eigenvalue weighted by atomic mass is 9.90. The molecule has 156 valence electrons. The van der Waals surface area contributed by atoms with E-state index in [-0.39, 0.29) is 24.2 Å². The summed E-state index contributed by atoms with van der Waals surface area (Å²) in [5.74, 6) is 0.272. The lowest BCUT2D eigenvalue weighted by Crippen LogP contribution is -2.41. The Balaban J connectivity index is 1.16. The van der Waals surface area contributed by atoms with Crippen LogP contribution >= 0.6 is 23.1 Å². The number of piperidine rings is 1. The van der Waals surface area contributed by atoms with Crippen LogP contribution in [0, 0.1) is 5.92 Å². The van der Waals surface area contributed by atoms with Crippen molar-refractivity contribution in [3.8, 4) is 0 Å². The maximum atomic E-state index is 12.4. The zero-order chi connectivity index (χ0) is 20.8. The van der Waals surface area contributed by atoms with E-state index in [9.17, 15) is 9.59 Å². The number of rotatable bonds is 7. The van der Waals surface area contributed by atoms with Crippen LogP contribution < -0.4 is 0 Å². The van der Waals surface area contributed by atoms with Gasteiger partial charge in [-0.1, -0.05) is 54.2 Å². The van der Waals surface area contributed by atoms with Crippen LogP contribution in [-0.4, -0.2) is 47.2 Å².